The van der Waals surface area contributed by atoms with Gasteiger partial charge >= 0.3 is 0 Å². The Bertz CT molecular complexity index is 1340. The third-order valence-electron chi connectivity index (χ3n) is 8.23. The number of halogens is 4. The smallest absolute Gasteiger partial charge is 0.287 e. The first-order chi connectivity index (χ1) is 18.1. The van der Waals surface area contributed by atoms with Gasteiger partial charge in [0.2, 0.25) is 0 Å². The van der Waals surface area contributed by atoms with Crippen molar-refractivity contribution in [1.82, 2.24) is 20.1 Å². The first-order valence-electron chi connectivity index (χ1n) is 12.5. The molecule has 38 heavy (non-hydrogen) atoms. The molecule has 11 heteroatoms. The Hall–Kier alpha value is -3.47. The van der Waals surface area contributed by atoms with E-state index in [1.54, 1.807) is 24.3 Å². The molecule has 3 aromatic rings. The van der Waals surface area contributed by atoms with Crippen LogP contribution in [0.1, 0.15) is 43.2 Å². The van der Waals surface area contributed by atoms with Gasteiger partial charge in [-0.3, -0.25) is 4.79 Å². The van der Waals surface area contributed by atoms with Crippen molar-refractivity contribution < 1.29 is 32.2 Å². The highest BCUT2D eigenvalue weighted by atomic mass is 19.3. The van der Waals surface area contributed by atoms with Crippen molar-refractivity contribution in [2.45, 2.75) is 61.6 Å². The van der Waals surface area contributed by atoms with Crippen molar-refractivity contribution in [2.75, 3.05) is 6.61 Å². The minimum atomic E-state index is -3.76. The summed E-state index contributed by atoms with van der Waals surface area (Å²) in [6, 6.07) is 9.47. The van der Waals surface area contributed by atoms with Gasteiger partial charge in [-0.1, -0.05) is 12.1 Å². The van der Waals surface area contributed by atoms with Gasteiger partial charge in [0.15, 0.2) is 12.2 Å². The molecule has 1 atom stereocenters. The largest absolute Gasteiger partial charge is 0.484 e. The lowest BCUT2D eigenvalue weighted by Crippen LogP contribution is -2.76. The van der Waals surface area contributed by atoms with Crippen LogP contribution < -0.4 is 10.1 Å². The van der Waals surface area contributed by atoms with Crippen molar-refractivity contribution in [3.05, 3.63) is 77.9 Å². The topological polar surface area (TPSA) is 89.3 Å². The minimum Gasteiger partial charge on any atom is -0.484 e. The molecule has 1 amide bonds. The third kappa shape index (κ3) is 3.86. The van der Waals surface area contributed by atoms with Gasteiger partial charge in [0.1, 0.15) is 30.0 Å². The van der Waals surface area contributed by atoms with Crippen molar-refractivity contribution in [3.8, 4) is 5.75 Å². The van der Waals surface area contributed by atoms with Crippen LogP contribution in [0.15, 0.2) is 55.1 Å². The van der Waals surface area contributed by atoms with Crippen molar-refractivity contribution in [1.29, 1.82) is 0 Å². The lowest BCUT2D eigenvalue weighted by atomic mass is 9.30. The second-order valence-electron chi connectivity index (χ2n) is 10.9. The Balaban J connectivity index is 1.19. The summed E-state index contributed by atoms with van der Waals surface area (Å²) in [5, 5.41) is 18.1. The van der Waals surface area contributed by atoms with Crippen LogP contribution in [0, 0.1) is 17.0 Å². The average molecular weight is 531 g/mol. The number of rotatable bonds is 10. The van der Waals surface area contributed by atoms with E-state index in [-0.39, 0.29) is 37.8 Å². The lowest BCUT2D eigenvalue weighted by molar-refractivity contribution is -0.347. The number of carbonyl (C=O) groups excluding carboxylic acids is 1. The Morgan fingerprint density at radius 1 is 1.13 bits per heavy atom. The first-order valence-corrected chi connectivity index (χ1v) is 12.5. The Labute approximate surface area is 215 Å². The third-order valence-corrected chi connectivity index (χ3v) is 8.23. The van der Waals surface area contributed by atoms with E-state index in [0.717, 1.165) is 47.9 Å². The normalized spacial score (nSPS) is 25.6. The monoisotopic (exact) mass is 530 g/mol. The molecule has 1 heterocycles. The van der Waals surface area contributed by atoms with Crippen LogP contribution in [0.3, 0.4) is 0 Å². The standard InChI is InChI=1S/C27H26F4N4O3/c28-18-3-8-21(22(29)9-18)26(37,14-35-16-32-15-33-35)27(30,31)25-11-24(12-25,13-25)17-1-6-20(7-2-17)38-10-23(36)34-19-4-5-19/h1-3,6-9,15-16,19,37H,4-5,10-14H2,(H,34,36)/t24?,25?,26-/m0/s1. The van der Waals surface area contributed by atoms with Crippen LogP contribution in [-0.2, 0) is 22.4 Å². The molecule has 7 nitrogen and oxygen atoms in total. The number of nitrogens with one attached hydrogen (secondary N) is 1. The van der Waals surface area contributed by atoms with Gasteiger partial charge in [0, 0.05) is 23.1 Å². The van der Waals surface area contributed by atoms with E-state index in [9.17, 15) is 18.7 Å². The number of alkyl halides is 2. The summed E-state index contributed by atoms with van der Waals surface area (Å²) in [6.45, 7) is -0.849. The van der Waals surface area contributed by atoms with E-state index >= 15 is 8.78 Å². The number of aromatic nitrogens is 3. The van der Waals surface area contributed by atoms with Crippen LogP contribution in [0.2, 0.25) is 0 Å². The molecule has 0 radical (unpaired) electrons. The molecule has 2 bridgehead atoms. The molecule has 1 aromatic heterocycles. The van der Waals surface area contributed by atoms with Gasteiger partial charge < -0.3 is 15.2 Å². The molecule has 2 N–H and O–H groups in total. The van der Waals surface area contributed by atoms with Gasteiger partial charge in [-0.25, -0.2) is 27.2 Å². The fourth-order valence-electron chi connectivity index (χ4n) is 6.14. The second kappa shape index (κ2) is 8.52. The summed E-state index contributed by atoms with van der Waals surface area (Å²) in [4.78, 5) is 15.6. The molecular formula is C27H26F4N4O3. The molecule has 0 spiro atoms. The predicted octanol–water partition coefficient (Wildman–Crippen LogP) is 3.86. The zero-order valence-electron chi connectivity index (χ0n) is 20.3. The Morgan fingerprint density at radius 3 is 2.45 bits per heavy atom. The maximum atomic E-state index is 16.3. The molecule has 4 aliphatic rings. The van der Waals surface area contributed by atoms with Crippen molar-refractivity contribution in [3.63, 3.8) is 0 Å². The highest BCUT2D eigenvalue weighted by molar-refractivity contribution is 5.78. The average Bonchev–Trinajstić information content (AvgIpc) is 3.48. The molecule has 0 aliphatic heterocycles. The fraction of sp³-hybridized carbons (Fsp3) is 0.444. The van der Waals surface area contributed by atoms with E-state index in [2.05, 4.69) is 15.4 Å². The number of aliphatic hydroxyl groups is 1. The second-order valence-corrected chi connectivity index (χ2v) is 10.9. The predicted molar refractivity (Wildman–Crippen MR) is 126 cm³/mol. The molecule has 7 rings (SSSR count). The Kier molecular flexibility index (Phi) is 5.57. The summed E-state index contributed by atoms with van der Waals surface area (Å²) >= 11 is 0. The van der Waals surface area contributed by atoms with Crippen LogP contribution in [0.4, 0.5) is 17.6 Å². The highest BCUT2D eigenvalue weighted by Crippen LogP contribution is 2.80. The summed E-state index contributed by atoms with van der Waals surface area (Å²) < 4.78 is 67.5. The quantitative estimate of drug-likeness (QED) is 0.389. The molecular weight excluding hydrogens is 504 g/mol. The molecule has 4 saturated carbocycles. The first kappa shape index (κ1) is 24.8. The lowest BCUT2D eigenvalue weighted by Gasteiger charge is -2.74. The van der Waals surface area contributed by atoms with Crippen LogP contribution in [0.5, 0.6) is 5.75 Å². The van der Waals surface area contributed by atoms with Gasteiger partial charge in [0.25, 0.3) is 11.8 Å². The maximum absolute atomic E-state index is 16.3. The van der Waals surface area contributed by atoms with Crippen LogP contribution in [0.25, 0.3) is 0 Å². The summed E-state index contributed by atoms with van der Waals surface area (Å²) in [6.07, 6.45) is 4.55. The van der Waals surface area contributed by atoms with Gasteiger partial charge in [-0.15, -0.1) is 0 Å². The molecule has 0 saturated heterocycles. The number of benzene rings is 2. The summed E-state index contributed by atoms with van der Waals surface area (Å²) in [5.41, 5.74) is -4.85. The molecule has 200 valence electrons. The number of ether oxygens (including phenoxy) is 1. The summed E-state index contributed by atoms with van der Waals surface area (Å²) in [7, 11) is 0. The number of carbonyl (C=O) groups is 1. The summed E-state index contributed by atoms with van der Waals surface area (Å²) in [5.74, 6) is -5.63. The maximum Gasteiger partial charge on any atom is 0.287 e. The van der Waals surface area contributed by atoms with Crippen LogP contribution in [-0.4, -0.2) is 44.3 Å². The van der Waals surface area contributed by atoms with Gasteiger partial charge in [0.05, 0.1) is 6.54 Å². The number of hydrogen-bond donors (Lipinski definition) is 2. The van der Waals surface area contributed by atoms with E-state index < -0.39 is 46.1 Å². The van der Waals surface area contributed by atoms with Crippen LogP contribution >= 0.6 is 0 Å². The van der Waals surface area contributed by atoms with E-state index in [1.807, 2.05) is 0 Å². The molecule has 4 fully saturated rings. The van der Waals surface area contributed by atoms with E-state index in [1.165, 1.54) is 0 Å². The zero-order valence-corrected chi connectivity index (χ0v) is 20.3. The van der Waals surface area contributed by atoms with E-state index in [0.29, 0.717) is 11.8 Å². The number of hydrogen-bond acceptors (Lipinski definition) is 5. The molecule has 2 aromatic carbocycles. The molecule has 4 aliphatic carbocycles. The fourth-order valence-corrected chi connectivity index (χ4v) is 6.14. The SMILES string of the molecule is O=C(COc1ccc(C23CC(C(F)(F)[C@](O)(Cn4cncn4)c4ccc(F)cc4F)(C2)C3)cc1)NC1CC1. The number of nitrogens with zero attached hydrogens (tertiary/aromatic N) is 3. The molecule has 0 unspecified atom stereocenters. The van der Waals surface area contributed by atoms with Crippen molar-refractivity contribution in [2.24, 2.45) is 5.41 Å². The van der Waals surface area contributed by atoms with Gasteiger partial charge in [-0.05, 0) is 67.3 Å². The minimum absolute atomic E-state index is 0.0966. The van der Waals surface area contributed by atoms with Gasteiger partial charge in [-0.2, -0.15) is 5.10 Å². The van der Waals surface area contributed by atoms with Crippen molar-refractivity contribution >= 4 is 5.91 Å². The number of amides is 1. The zero-order chi connectivity index (χ0) is 26.8. The van der Waals surface area contributed by atoms with E-state index in [4.69, 9.17) is 4.74 Å². The Morgan fingerprint density at radius 2 is 1.84 bits per heavy atom. The highest BCUT2D eigenvalue weighted by Gasteiger charge is 2.82.